The van der Waals surface area contributed by atoms with Gasteiger partial charge in [-0.25, -0.2) is 0 Å². The Labute approximate surface area is 140 Å². The summed E-state index contributed by atoms with van der Waals surface area (Å²) >= 11 is 0. The second kappa shape index (κ2) is 6.74. The van der Waals surface area contributed by atoms with Gasteiger partial charge in [0.05, 0.1) is 6.54 Å². The molecule has 3 heterocycles. The normalized spacial score (nSPS) is 20.3. The molecule has 0 unspecified atom stereocenters. The lowest BCUT2D eigenvalue weighted by Crippen LogP contribution is -2.49. The van der Waals surface area contributed by atoms with Gasteiger partial charge in [0.15, 0.2) is 11.5 Å². The van der Waals surface area contributed by atoms with Crippen LogP contribution in [0.4, 0.5) is 0 Å². The topological polar surface area (TPSA) is 72.7 Å². The Balaban J connectivity index is 0.00000156. The quantitative estimate of drug-likeness (QED) is 0.912. The number of nitrogens with zero attached hydrogens (tertiary/aromatic N) is 3. The first-order valence-electron chi connectivity index (χ1n) is 7.47. The molecule has 8 heteroatoms. The van der Waals surface area contributed by atoms with Crippen LogP contribution in [-0.2, 0) is 6.54 Å². The van der Waals surface area contributed by atoms with Gasteiger partial charge in [-0.1, -0.05) is 5.16 Å². The van der Waals surface area contributed by atoms with E-state index in [1.54, 1.807) is 0 Å². The maximum Gasteiger partial charge on any atom is 0.241 e. The average Bonchev–Trinajstić information content (AvgIpc) is 3.17. The zero-order valence-corrected chi connectivity index (χ0v) is 13.6. The first kappa shape index (κ1) is 16.0. The van der Waals surface area contributed by atoms with Crippen molar-refractivity contribution in [2.45, 2.75) is 19.5 Å². The predicted octanol–water partition coefficient (Wildman–Crippen LogP) is 1.68. The molecular formula is C15H19ClN4O3. The Morgan fingerprint density at radius 3 is 3.04 bits per heavy atom. The summed E-state index contributed by atoms with van der Waals surface area (Å²) in [5.41, 5.74) is 0.868. The van der Waals surface area contributed by atoms with E-state index in [2.05, 4.69) is 27.3 Å². The molecule has 1 aromatic heterocycles. The second-order valence-corrected chi connectivity index (χ2v) is 5.60. The number of piperazine rings is 1. The SMILES string of the molecule is C[C@@H]1CNCCN1Cc1nc(-c2ccc3c(c2)OCO3)no1.Cl. The monoisotopic (exact) mass is 338 g/mol. The molecule has 0 saturated carbocycles. The van der Waals surface area contributed by atoms with Gasteiger partial charge in [-0.2, -0.15) is 4.98 Å². The molecular weight excluding hydrogens is 320 g/mol. The van der Waals surface area contributed by atoms with E-state index in [9.17, 15) is 0 Å². The van der Waals surface area contributed by atoms with E-state index in [0.29, 0.717) is 24.3 Å². The summed E-state index contributed by atoms with van der Waals surface area (Å²) in [6.07, 6.45) is 0. The molecule has 0 bridgehead atoms. The number of benzene rings is 1. The standard InChI is InChI=1S/C15H18N4O3.ClH/c1-10-7-16-4-5-19(10)8-14-17-15(18-22-14)11-2-3-12-13(6-11)21-9-20-12;/h2-3,6,10,16H,4-5,7-9H2,1H3;1H/t10-;/m1./s1. The Kier molecular flexibility index (Phi) is 4.70. The predicted molar refractivity (Wildman–Crippen MR) is 85.8 cm³/mol. The first-order chi connectivity index (χ1) is 10.8. The van der Waals surface area contributed by atoms with E-state index in [1.807, 2.05) is 18.2 Å². The molecule has 23 heavy (non-hydrogen) atoms. The van der Waals surface area contributed by atoms with Gasteiger partial charge < -0.3 is 19.3 Å². The molecule has 1 saturated heterocycles. The molecule has 1 fully saturated rings. The van der Waals surface area contributed by atoms with Crippen molar-refractivity contribution in [3.8, 4) is 22.9 Å². The van der Waals surface area contributed by atoms with E-state index in [-0.39, 0.29) is 19.2 Å². The van der Waals surface area contributed by atoms with E-state index in [0.717, 1.165) is 36.7 Å². The lowest BCUT2D eigenvalue weighted by Gasteiger charge is -2.32. The van der Waals surface area contributed by atoms with Gasteiger partial charge in [0.25, 0.3) is 0 Å². The summed E-state index contributed by atoms with van der Waals surface area (Å²) in [5, 5.41) is 7.45. The molecule has 0 amide bonds. The van der Waals surface area contributed by atoms with Crippen LogP contribution in [-0.4, -0.2) is 47.5 Å². The van der Waals surface area contributed by atoms with E-state index in [1.165, 1.54) is 0 Å². The van der Waals surface area contributed by atoms with Crippen molar-refractivity contribution in [1.29, 1.82) is 0 Å². The summed E-state index contributed by atoms with van der Waals surface area (Å²) in [4.78, 5) is 6.84. The molecule has 2 aromatic rings. The Bertz CT molecular complexity index is 678. The first-order valence-corrected chi connectivity index (χ1v) is 7.47. The van der Waals surface area contributed by atoms with Crippen LogP contribution in [0.1, 0.15) is 12.8 Å². The minimum atomic E-state index is 0. The number of fused-ring (bicyclic) bond motifs is 1. The van der Waals surface area contributed by atoms with Crippen LogP contribution in [0.3, 0.4) is 0 Å². The molecule has 2 aliphatic rings. The van der Waals surface area contributed by atoms with Crippen molar-refractivity contribution in [1.82, 2.24) is 20.4 Å². The van der Waals surface area contributed by atoms with Crippen molar-refractivity contribution in [3.05, 3.63) is 24.1 Å². The minimum absolute atomic E-state index is 0. The molecule has 2 aliphatic heterocycles. The van der Waals surface area contributed by atoms with Crippen molar-refractivity contribution in [3.63, 3.8) is 0 Å². The third-order valence-corrected chi connectivity index (χ3v) is 4.08. The highest BCUT2D eigenvalue weighted by Crippen LogP contribution is 2.35. The number of hydrogen-bond acceptors (Lipinski definition) is 7. The van der Waals surface area contributed by atoms with Gasteiger partial charge in [-0.05, 0) is 25.1 Å². The fraction of sp³-hybridized carbons (Fsp3) is 0.467. The van der Waals surface area contributed by atoms with E-state index in [4.69, 9.17) is 14.0 Å². The Morgan fingerprint density at radius 2 is 2.17 bits per heavy atom. The summed E-state index contributed by atoms with van der Waals surface area (Å²) in [6.45, 7) is 6.11. The third kappa shape index (κ3) is 3.26. The van der Waals surface area contributed by atoms with Crippen LogP contribution < -0.4 is 14.8 Å². The molecule has 0 spiro atoms. The lowest BCUT2D eigenvalue weighted by molar-refractivity contribution is 0.146. The molecule has 0 radical (unpaired) electrons. The van der Waals surface area contributed by atoms with E-state index >= 15 is 0 Å². The van der Waals surface area contributed by atoms with Gasteiger partial charge in [0, 0.05) is 31.2 Å². The molecule has 124 valence electrons. The Hall–Kier alpha value is -1.83. The third-order valence-electron chi connectivity index (χ3n) is 4.08. The van der Waals surface area contributed by atoms with Gasteiger partial charge in [-0.15, -0.1) is 12.4 Å². The molecule has 0 aliphatic carbocycles. The molecule has 4 rings (SSSR count). The van der Waals surface area contributed by atoms with E-state index < -0.39 is 0 Å². The van der Waals surface area contributed by atoms with Crippen LogP contribution in [0, 0.1) is 0 Å². The van der Waals surface area contributed by atoms with Crippen molar-refractivity contribution in [2.24, 2.45) is 0 Å². The summed E-state index contributed by atoms with van der Waals surface area (Å²) in [5.74, 6) is 2.69. The van der Waals surface area contributed by atoms with Crippen molar-refractivity contribution in [2.75, 3.05) is 26.4 Å². The highest BCUT2D eigenvalue weighted by Gasteiger charge is 2.21. The minimum Gasteiger partial charge on any atom is -0.454 e. The molecule has 1 aromatic carbocycles. The molecule has 1 N–H and O–H groups in total. The second-order valence-electron chi connectivity index (χ2n) is 5.60. The fourth-order valence-electron chi connectivity index (χ4n) is 2.76. The largest absolute Gasteiger partial charge is 0.454 e. The fourth-order valence-corrected chi connectivity index (χ4v) is 2.76. The lowest BCUT2D eigenvalue weighted by atomic mass is 10.2. The number of ether oxygens (including phenoxy) is 2. The van der Waals surface area contributed by atoms with Gasteiger partial charge >= 0.3 is 0 Å². The molecule has 7 nitrogen and oxygen atoms in total. The summed E-state index contributed by atoms with van der Waals surface area (Å²) in [6, 6.07) is 6.13. The van der Waals surface area contributed by atoms with Crippen LogP contribution in [0.15, 0.2) is 22.7 Å². The number of hydrogen-bond donors (Lipinski definition) is 1. The maximum atomic E-state index is 5.39. The summed E-state index contributed by atoms with van der Waals surface area (Å²) < 4.78 is 16.1. The maximum absolute atomic E-state index is 5.39. The zero-order chi connectivity index (χ0) is 14.9. The van der Waals surface area contributed by atoms with Crippen LogP contribution in [0.25, 0.3) is 11.4 Å². The Morgan fingerprint density at radius 1 is 1.30 bits per heavy atom. The average molecular weight is 339 g/mol. The van der Waals surface area contributed by atoms with Gasteiger partial charge in [0.2, 0.25) is 18.5 Å². The van der Waals surface area contributed by atoms with Crippen LogP contribution in [0.5, 0.6) is 11.5 Å². The van der Waals surface area contributed by atoms with Crippen LogP contribution in [0.2, 0.25) is 0 Å². The highest BCUT2D eigenvalue weighted by atomic mass is 35.5. The van der Waals surface area contributed by atoms with Gasteiger partial charge in [0.1, 0.15) is 0 Å². The smallest absolute Gasteiger partial charge is 0.241 e. The number of nitrogens with one attached hydrogen (secondary N) is 1. The highest BCUT2D eigenvalue weighted by molar-refractivity contribution is 5.85. The number of halogens is 1. The summed E-state index contributed by atoms with van der Waals surface area (Å²) in [7, 11) is 0. The number of aromatic nitrogens is 2. The zero-order valence-electron chi connectivity index (χ0n) is 12.8. The number of rotatable bonds is 3. The van der Waals surface area contributed by atoms with Gasteiger partial charge in [-0.3, -0.25) is 4.90 Å². The van der Waals surface area contributed by atoms with Crippen LogP contribution >= 0.6 is 12.4 Å². The molecule has 1 atom stereocenters. The van der Waals surface area contributed by atoms with Crippen molar-refractivity contribution >= 4 is 12.4 Å². The van der Waals surface area contributed by atoms with Crippen molar-refractivity contribution < 1.29 is 14.0 Å².